The van der Waals surface area contributed by atoms with E-state index < -0.39 is 14.8 Å². The third-order valence-electron chi connectivity index (χ3n) is 4.26. The molecule has 0 unspecified atom stereocenters. The zero-order valence-electron chi connectivity index (χ0n) is 13.5. The van der Waals surface area contributed by atoms with Crippen LogP contribution in [-0.4, -0.2) is 50.2 Å². The number of rotatable bonds is 6. The maximum atomic E-state index is 11.9. The average Bonchev–Trinajstić information content (AvgIpc) is 2.52. The lowest BCUT2D eigenvalue weighted by molar-refractivity contribution is -0.385. The molecule has 0 saturated carbocycles. The minimum absolute atomic E-state index is 0.0226. The number of benzene rings is 1. The highest BCUT2D eigenvalue weighted by atomic mass is 32.2. The van der Waals surface area contributed by atoms with Crippen LogP contribution in [0.2, 0.25) is 0 Å². The van der Waals surface area contributed by atoms with Gasteiger partial charge >= 0.3 is 0 Å². The molecule has 1 N–H and O–H groups in total. The smallest absolute Gasteiger partial charge is 0.270 e. The molecular formula is C15H23N3O4S. The van der Waals surface area contributed by atoms with Gasteiger partial charge in [-0.05, 0) is 32.0 Å². The Kier molecular flexibility index (Phi) is 5.59. The number of likely N-dealkylation sites (tertiary alicyclic amines) is 1. The number of anilines is 1. The van der Waals surface area contributed by atoms with E-state index in [9.17, 15) is 18.5 Å². The molecule has 0 spiro atoms. The van der Waals surface area contributed by atoms with E-state index in [-0.39, 0.29) is 10.6 Å². The number of nitrogens with one attached hydrogen (secondary N) is 1. The van der Waals surface area contributed by atoms with Crippen LogP contribution in [0.15, 0.2) is 23.1 Å². The summed E-state index contributed by atoms with van der Waals surface area (Å²) in [5.74, 6) is 0. The second-order valence-corrected chi connectivity index (χ2v) is 7.85. The first kappa shape index (κ1) is 17.7. The molecule has 23 heavy (non-hydrogen) atoms. The number of piperidine rings is 1. The Morgan fingerprint density at radius 1 is 1.39 bits per heavy atom. The predicted molar refractivity (Wildman–Crippen MR) is 89.6 cm³/mol. The van der Waals surface area contributed by atoms with Crippen LogP contribution in [0.3, 0.4) is 0 Å². The Morgan fingerprint density at radius 3 is 2.74 bits per heavy atom. The fourth-order valence-electron chi connectivity index (χ4n) is 3.01. The van der Waals surface area contributed by atoms with Gasteiger partial charge in [0.2, 0.25) is 0 Å². The van der Waals surface area contributed by atoms with Crippen molar-refractivity contribution in [3.8, 4) is 0 Å². The molecule has 0 radical (unpaired) electrons. The molecule has 1 aromatic carbocycles. The van der Waals surface area contributed by atoms with Gasteiger partial charge in [0.15, 0.2) is 9.84 Å². The zero-order valence-corrected chi connectivity index (χ0v) is 14.3. The van der Waals surface area contributed by atoms with Crippen molar-refractivity contribution >= 4 is 21.2 Å². The minimum atomic E-state index is -3.54. The molecule has 1 fully saturated rings. The molecule has 1 saturated heterocycles. The number of sulfone groups is 1. The Balaban J connectivity index is 2.20. The zero-order chi connectivity index (χ0) is 17.0. The van der Waals surface area contributed by atoms with Crippen molar-refractivity contribution in [1.82, 2.24) is 4.90 Å². The van der Waals surface area contributed by atoms with E-state index in [1.165, 1.54) is 25.0 Å². The monoisotopic (exact) mass is 341 g/mol. The van der Waals surface area contributed by atoms with Crippen molar-refractivity contribution in [2.45, 2.75) is 37.1 Å². The van der Waals surface area contributed by atoms with Crippen molar-refractivity contribution < 1.29 is 13.3 Å². The summed E-state index contributed by atoms with van der Waals surface area (Å²) in [5.41, 5.74) is 0.212. The van der Waals surface area contributed by atoms with Crippen molar-refractivity contribution in [3.05, 3.63) is 28.3 Å². The summed E-state index contributed by atoms with van der Waals surface area (Å²) >= 11 is 0. The molecule has 128 valence electrons. The Morgan fingerprint density at radius 2 is 2.13 bits per heavy atom. The van der Waals surface area contributed by atoms with Gasteiger partial charge < -0.3 is 5.32 Å². The molecule has 8 heteroatoms. The Hall–Kier alpha value is -1.67. The fourth-order valence-corrected chi connectivity index (χ4v) is 3.89. The van der Waals surface area contributed by atoms with Crippen LogP contribution in [0.4, 0.5) is 11.4 Å². The topological polar surface area (TPSA) is 92.5 Å². The van der Waals surface area contributed by atoms with Gasteiger partial charge in [-0.3, -0.25) is 15.0 Å². The first-order valence-corrected chi connectivity index (χ1v) is 9.68. The number of nitro benzene ring substituents is 1. The standard InChI is InChI=1S/C15H23N3O4S/c1-3-17-9-5-4-6-13(17)11-16-14-8-7-12(18(19)20)10-15(14)23(2,21)22/h7-8,10,13,16H,3-6,9,11H2,1-2H3/t13-/m1/s1. The van der Waals surface area contributed by atoms with Crippen molar-refractivity contribution in [1.29, 1.82) is 0 Å². The molecule has 2 rings (SSSR count). The second-order valence-electron chi connectivity index (χ2n) is 5.87. The Labute approximate surface area is 136 Å². The minimum Gasteiger partial charge on any atom is -0.382 e. The van der Waals surface area contributed by atoms with Gasteiger partial charge in [0.1, 0.15) is 0 Å². The molecule has 0 aromatic heterocycles. The summed E-state index contributed by atoms with van der Waals surface area (Å²) < 4.78 is 23.9. The van der Waals surface area contributed by atoms with Crippen molar-refractivity contribution in [3.63, 3.8) is 0 Å². The number of hydrogen-bond donors (Lipinski definition) is 1. The van der Waals surface area contributed by atoms with Crippen LogP contribution < -0.4 is 5.32 Å². The number of likely N-dealkylation sites (N-methyl/N-ethyl adjacent to an activating group) is 1. The molecule has 0 bridgehead atoms. The maximum Gasteiger partial charge on any atom is 0.270 e. The summed E-state index contributed by atoms with van der Waals surface area (Å²) in [5, 5.41) is 14.0. The van der Waals surface area contributed by atoms with E-state index >= 15 is 0 Å². The summed E-state index contributed by atoms with van der Waals surface area (Å²) in [6.07, 6.45) is 4.50. The van der Waals surface area contributed by atoms with Gasteiger partial charge in [-0.1, -0.05) is 13.3 Å². The predicted octanol–water partition coefficient (Wildman–Crippen LogP) is 2.28. The van der Waals surface area contributed by atoms with Gasteiger partial charge in [0.05, 0.1) is 15.5 Å². The lowest BCUT2D eigenvalue weighted by Gasteiger charge is -2.35. The summed E-state index contributed by atoms with van der Waals surface area (Å²) in [7, 11) is -3.54. The van der Waals surface area contributed by atoms with Crippen LogP contribution in [0.5, 0.6) is 0 Å². The first-order valence-electron chi connectivity index (χ1n) is 7.79. The van der Waals surface area contributed by atoms with Crippen LogP contribution in [0.1, 0.15) is 26.2 Å². The molecule has 1 aliphatic rings. The van der Waals surface area contributed by atoms with E-state index in [2.05, 4.69) is 17.1 Å². The van der Waals surface area contributed by atoms with Crippen LogP contribution in [-0.2, 0) is 9.84 Å². The largest absolute Gasteiger partial charge is 0.382 e. The maximum absolute atomic E-state index is 11.9. The van der Waals surface area contributed by atoms with E-state index in [4.69, 9.17) is 0 Å². The number of nitrogens with zero attached hydrogens (tertiary/aromatic N) is 2. The van der Waals surface area contributed by atoms with Gasteiger partial charge in [-0.25, -0.2) is 8.42 Å². The highest BCUT2D eigenvalue weighted by molar-refractivity contribution is 7.90. The SMILES string of the molecule is CCN1CCCC[C@@H]1CNc1ccc([N+](=O)[O-])cc1S(C)(=O)=O. The lowest BCUT2D eigenvalue weighted by Crippen LogP contribution is -2.43. The van der Waals surface area contributed by atoms with Gasteiger partial charge in [0, 0.05) is 31.0 Å². The fraction of sp³-hybridized carbons (Fsp3) is 0.600. The van der Waals surface area contributed by atoms with Crippen LogP contribution >= 0.6 is 0 Å². The van der Waals surface area contributed by atoms with Crippen molar-refractivity contribution in [2.75, 3.05) is 31.2 Å². The van der Waals surface area contributed by atoms with Crippen LogP contribution in [0, 0.1) is 10.1 Å². The molecular weight excluding hydrogens is 318 g/mol. The highest BCUT2D eigenvalue weighted by Gasteiger charge is 2.23. The molecule has 7 nitrogen and oxygen atoms in total. The van der Waals surface area contributed by atoms with Gasteiger partial charge in [-0.15, -0.1) is 0 Å². The number of hydrogen-bond acceptors (Lipinski definition) is 6. The van der Waals surface area contributed by atoms with Crippen LogP contribution in [0.25, 0.3) is 0 Å². The Bertz CT molecular complexity index is 675. The van der Waals surface area contributed by atoms with E-state index in [0.717, 1.165) is 31.8 Å². The number of non-ortho nitro benzene ring substituents is 1. The van der Waals surface area contributed by atoms with Gasteiger partial charge in [0.25, 0.3) is 5.69 Å². The molecule has 1 atom stereocenters. The van der Waals surface area contributed by atoms with E-state index in [1.54, 1.807) is 0 Å². The van der Waals surface area contributed by atoms with E-state index in [1.807, 2.05) is 0 Å². The lowest BCUT2D eigenvalue weighted by atomic mass is 10.0. The second kappa shape index (κ2) is 7.27. The quantitative estimate of drug-likeness (QED) is 0.630. The summed E-state index contributed by atoms with van der Waals surface area (Å²) in [6, 6.07) is 4.29. The normalized spacial score (nSPS) is 19.5. The summed E-state index contributed by atoms with van der Waals surface area (Å²) in [6.45, 7) is 4.77. The third-order valence-corrected chi connectivity index (χ3v) is 5.40. The number of nitro groups is 1. The highest BCUT2D eigenvalue weighted by Crippen LogP contribution is 2.27. The average molecular weight is 341 g/mol. The third kappa shape index (κ3) is 4.42. The summed E-state index contributed by atoms with van der Waals surface area (Å²) in [4.78, 5) is 12.6. The molecule has 0 aliphatic carbocycles. The molecule has 1 heterocycles. The van der Waals surface area contributed by atoms with Crippen molar-refractivity contribution in [2.24, 2.45) is 0 Å². The first-order chi connectivity index (χ1) is 10.8. The van der Waals surface area contributed by atoms with Gasteiger partial charge in [-0.2, -0.15) is 0 Å². The molecule has 0 amide bonds. The molecule has 1 aliphatic heterocycles. The van der Waals surface area contributed by atoms with E-state index in [0.29, 0.717) is 18.3 Å². The molecule has 1 aromatic rings.